The molecule has 0 saturated carbocycles. The molecule has 0 spiro atoms. The Bertz CT molecular complexity index is 454. The molecule has 3 nitrogen and oxygen atoms in total. The highest BCUT2D eigenvalue weighted by Crippen LogP contribution is 2.04. The van der Waals surface area contributed by atoms with E-state index in [0.29, 0.717) is 0 Å². The van der Waals surface area contributed by atoms with Gasteiger partial charge in [-0.25, -0.2) is 9.97 Å². The van der Waals surface area contributed by atoms with Crippen molar-refractivity contribution >= 4 is 5.82 Å². The van der Waals surface area contributed by atoms with Crippen molar-refractivity contribution in [2.24, 2.45) is 0 Å². The summed E-state index contributed by atoms with van der Waals surface area (Å²) in [6.45, 7) is 2.83. The quantitative estimate of drug-likeness (QED) is 0.798. The smallest absolute Gasteiger partial charge is 0.129 e. The molecule has 1 aromatic heterocycles. The van der Waals surface area contributed by atoms with E-state index in [2.05, 4.69) is 39.6 Å². The van der Waals surface area contributed by atoms with Crippen LogP contribution in [0.15, 0.2) is 42.6 Å². The summed E-state index contributed by atoms with van der Waals surface area (Å²) in [5.74, 6) is 1.71. The first-order valence-electron chi connectivity index (χ1n) is 5.92. The lowest BCUT2D eigenvalue weighted by molar-refractivity contribution is 0.856. The first kappa shape index (κ1) is 11.6. The van der Waals surface area contributed by atoms with Gasteiger partial charge in [0.15, 0.2) is 0 Å². The zero-order chi connectivity index (χ0) is 11.9. The number of benzene rings is 1. The highest BCUT2D eigenvalue weighted by Gasteiger charge is 1.95. The first-order chi connectivity index (χ1) is 8.34. The summed E-state index contributed by atoms with van der Waals surface area (Å²) in [6.07, 6.45) is 3.98. The van der Waals surface area contributed by atoms with Crippen molar-refractivity contribution in [1.82, 2.24) is 9.97 Å². The lowest BCUT2D eigenvalue weighted by atomic mass is 10.1. The fourth-order valence-electron chi connectivity index (χ4n) is 1.71. The van der Waals surface area contributed by atoms with Gasteiger partial charge in [-0.1, -0.05) is 30.3 Å². The summed E-state index contributed by atoms with van der Waals surface area (Å²) < 4.78 is 0. The fraction of sp³-hybridized carbons (Fsp3) is 0.286. The SMILES string of the molecule is Cc1nccc(NCCCc2ccccc2)n1. The van der Waals surface area contributed by atoms with Crippen LogP contribution >= 0.6 is 0 Å². The van der Waals surface area contributed by atoms with Gasteiger partial charge in [0.25, 0.3) is 0 Å². The van der Waals surface area contributed by atoms with Crippen LogP contribution in [0.1, 0.15) is 17.8 Å². The Labute approximate surface area is 102 Å². The molecule has 1 N–H and O–H groups in total. The van der Waals surface area contributed by atoms with E-state index in [1.54, 1.807) is 6.20 Å². The summed E-state index contributed by atoms with van der Waals surface area (Å²) in [7, 11) is 0. The Morgan fingerprint density at radius 2 is 1.94 bits per heavy atom. The Morgan fingerprint density at radius 1 is 1.12 bits per heavy atom. The predicted octanol–water partition coefficient (Wildman–Crippen LogP) is 2.83. The molecule has 88 valence electrons. The molecular formula is C14H17N3. The number of anilines is 1. The average Bonchev–Trinajstić information content (AvgIpc) is 2.36. The van der Waals surface area contributed by atoms with Gasteiger partial charge >= 0.3 is 0 Å². The van der Waals surface area contributed by atoms with E-state index in [-0.39, 0.29) is 0 Å². The van der Waals surface area contributed by atoms with Gasteiger partial charge in [0, 0.05) is 12.7 Å². The molecule has 0 radical (unpaired) electrons. The van der Waals surface area contributed by atoms with Crippen LogP contribution in [0, 0.1) is 6.92 Å². The van der Waals surface area contributed by atoms with Crippen LogP contribution in [0.3, 0.4) is 0 Å². The second-order valence-electron chi connectivity index (χ2n) is 4.01. The second kappa shape index (κ2) is 5.99. The van der Waals surface area contributed by atoms with Crippen LogP contribution < -0.4 is 5.32 Å². The third-order valence-electron chi connectivity index (χ3n) is 2.57. The van der Waals surface area contributed by atoms with Gasteiger partial charge in [0.05, 0.1) is 0 Å². The Hall–Kier alpha value is -1.90. The van der Waals surface area contributed by atoms with Crippen molar-refractivity contribution in [3.63, 3.8) is 0 Å². The highest BCUT2D eigenvalue weighted by atomic mass is 15.0. The second-order valence-corrected chi connectivity index (χ2v) is 4.01. The number of aromatic nitrogens is 2. The number of hydrogen-bond acceptors (Lipinski definition) is 3. The Kier molecular flexibility index (Phi) is 4.08. The lowest BCUT2D eigenvalue weighted by Crippen LogP contribution is -2.05. The molecule has 0 amide bonds. The minimum absolute atomic E-state index is 0.804. The third-order valence-corrected chi connectivity index (χ3v) is 2.57. The molecule has 3 heteroatoms. The van der Waals surface area contributed by atoms with E-state index in [1.807, 2.05) is 19.1 Å². The zero-order valence-corrected chi connectivity index (χ0v) is 10.1. The third kappa shape index (κ3) is 3.87. The standard InChI is InChI=1S/C14H17N3/c1-12-15-11-9-14(17-12)16-10-5-8-13-6-3-2-4-7-13/h2-4,6-7,9,11H,5,8,10H2,1H3,(H,15,16,17). The molecule has 0 unspecified atom stereocenters. The van der Waals surface area contributed by atoms with Crippen molar-refractivity contribution in [3.8, 4) is 0 Å². The van der Waals surface area contributed by atoms with Crippen molar-refractivity contribution in [1.29, 1.82) is 0 Å². The topological polar surface area (TPSA) is 37.8 Å². The number of hydrogen-bond donors (Lipinski definition) is 1. The molecule has 2 aromatic rings. The van der Waals surface area contributed by atoms with E-state index in [9.17, 15) is 0 Å². The molecule has 1 heterocycles. The first-order valence-corrected chi connectivity index (χ1v) is 5.92. The van der Waals surface area contributed by atoms with Gasteiger partial charge in [-0.2, -0.15) is 0 Å². The fourth-order valence-corrected chi connectivity index (χ4v) is 1.71. The number of rotatable bonds is 5. The highest BCUT2D eigenvalue weighted by molar-refractivity contribution is 5.32. The molecule has 2 rings (SSSR count). The van der Waals surface area contributed by atoms with Crippen molar-refractivity contribution in [3.05, 3.63) is 54.0 Å². The normalized spacial score (nSPS) is 10.2. The molecule has 1 aromatic carbocycles. The molecule has 0 fully saturated rings. The van der Waals surface area contributed by atoms with E-state index in [1.165, 1.54) is 5.56 Å². The van der Waals surface area contributed by atoms with Crippen LogP contribution in [0.2, 0.25) is 0 Å². The maximum absolute atomic E-state index is 4.30. The molecule has 17 heavy (non-hydrogen) atoms. The minimum atomic E-state index is 0.804. The largest absolute Gasteiger partial charge is 0.370 e. The molecule has 0 atom stereocenters. The van der Waals surface area contributed by atoms with E-state index in [4.69, 9.17) is 0 Å². The lowest BCUT2D eigenvalue weighted by Gasteiger charge is -2.05. The molecule has 0 aliphatic rings. The summed E-state index contributed by atoms with van der Waals surface area (Å²) in [5, 5.41) is 3.30. The van der Waals surface area contributed by atoms with Crippen molar-refractivity contribution in [2.45, 2.75) is 19.8 Å². The summed E-state index contributed by atoms with van der Waals surface area (Å²) in [5.41, 5.74) is 1.38. The molecule has 0 saturated heterocycles. The number of nitrogens with one attached hydrogen (secondary N) is 1. The average molecular weight is 227 g/mol. The van der Waals surface area contributed by atoms with Crippen LogP contribution in [-0.4, -0.2) is 16.5 Å². The van der Waals surface area contributed by atoms with Gasteiger partial charge in [0.1, 0.15) is 11.6 Å². The van der Waals surface area contributed by atoms with Crippen LogP contribution in [-0.2, 0) is 6.42 Å². The summed E-state index contributed by atoms with van der Waals surface area (Å²) in [6, 6.07) is 12.4. The van der Waals surface area contributed by atoms with E-state index < -0.39 is 0 Å². The number of aryl methyl sites for hydroxylation is 2. The van der Waals surface area contributed by atoms with E-state index in [0.717, 1.165) is 31.0 Å². The van der Waals surface area contributed by atoms with Crippen LogP contribution in [0.4, 0.5) is 5.82 Å². The zero-order valence-electron chi connectivity index (χ0n) is 10.1. The summed E-state index contributed by atoms with van der Waals surface area (Å²) in [4.78, 5) is 8.36. The number of nitrogens with zero attached hydrogens (tertiary/aromatic N) is 2. The van der Waals surface area contributed by atoms with E-state index >= 15 is 0 Å². The van der Waals surface area contributed by atoms with Crippen LogP contribution in [0.25, 0.3) is 0 Å². The van der Waals surface area contributed by atoms with Crippen LogP contribution in [0.5, 0.6) is 0 Å². The van der Waals surface area contributed by atoms with Crippen molar-refractivity contribution in [2.75, 3.05) is 11.9 Å². The van der Waals surface area contributed by atoms with Gasteiger partial charge < -0.3 is 5.32 Å². The van der Waals surface area contributed by atoms with Gasteiger partial charge in [-0.15, -0.1) is 0 Å². The monoisotopic (exact) mass is 227 g/mol. The minimum Gasteiger partial charge on any atom is -0.370 e. The molecule has 0 aliphatic carbocycles. The van der Waals surface area contributed by atoms with Gasteiger partial charge in [0.2, 0.25) is 0 Å². The predicted molar refractivity (Wildman–Crippen MR) is 70.0 cm³/mol. The molecule has 0 aliphatic heterocycles. The Balaban J connectivity index is 1.73. The maximum Gasteiger partial charge on any atom is 0.129 e. The van der Waals surface area contributed by atoms with Gasteiger partial charge in [-0.3, -0.25) is 0 Å². The Morgan fingerprint density at radius 3 is 2.71 bits per heavy atom. The van der Waals surface area contributed by atoms with Crippen molar-refractivity contribution < 1.29 is 0 Å². The van der Waals surface area contributed by atoms with Gasteiger partial charge in [-0.05, 0) is 31.4 Å². The molecular weight excluding hydrogens is 210 g/mol. The molecule has 0 bridgehead atoms. The summed E-state index contributed by atoms with van der Waals surface area (Å²) >= 11 is 0. The maximum atomic E-state index is 4.30.